The molecule has 0 bridgehead atoms. The summed E-state index contributed by atoms with van der Waals surface area (Å²) in [6, 6.07) is 0. The molecule has 1 unspecified atom stereocenters. The molecule has 16 heavy (non-hydrogen) atoms. The number of ether oxygens (including phenoxy) is 1. The molecule has 1 heterocycles. The lowest BCUT2D eigenvalue weighted by Crippen LogP contribution is -2.47. The molecule has 1 aliphatic heterocycles. The number of carbonyl (C=O) groups excluding carboxylic acids is 1. The quantitative estimate of drug-likeness (QED) is 0.770. The third kappa shape index (κ3) is 3.46. The lowest BCUT2D eigenvalue weighted by Gasteiger charge is -2.34. The van der Waals surface area contributed by atoms with Gasteiger partial charge in [0.1, 0.15) is 0 Å². The Hall–Kier alpha value is -0.610. The van der Waals surface area contributed by atoms with Crippen LogP contribution in [0, 0.1) is 0 Å². The maximum Gasteiger partial charge on any atom is 0.222 e. The summed E-state index contributed by atoms with van der Waals surface area (Å²) in [6.07, 6.45) is 3.74. The average Bonchev–Trinajstić information content (AvgIpc) is 2.77. The molecule has 0 aromatic heterocycles. The van der Waals surface area contributed by atoms with Gasteiger partial charge in [0.05, 0.1) is 18.2 Å². The van der Waals surface area contributed by atoms with E-state index in [1.54, 1.807) is 11.9 Å². The van der Waals surface area contributed by atoms with E-state index in [0.717, 1.165) is 25.9 Å². The van der Waals surface area contributed by atoms with Crippen LogP contribution in [0.2, 0.25) is 0 Å². The van der Waals surface area contributed by atoms with Crippen molar-refractivity contribution in [3.63, 3.8) is 0 Å². The van der Waals surface area contributed by atoms with Crippen LogP contribution in [-0.4, -0.2) is 47.8 Å². The van der Waals surface area contributed by atoms with E-state index in [1.165, 1.54) is 0 Å². The molecule has 0 radical (unpaired) electrons. The molecule has 1 amide bonds. The smallest absolute Gasteiger partial charge is 0.222 e. The third-order valence-corrected chi connectivity index (χ3v) is 3.37. The molecule has 4 nitrogen and oxygen atoms in total. The van der Waals surface area contributed by atoms with Crippen LogP contribution in [0.25, 0.3) is 0 Å². The zero-order valence-corrected chi connectivity index (χ0v) is 10.5. The second-order valence-electron chi connectivity index (χ2n) is 5.10. The Morgan fingerprint density at radius 1 is 1.56 bits per heavy atom. The van der Waals surface area contributed by atoms with E-state index in [4.69, 9.17) is 4.74 Å². The minimum atomic E-state index is -0.479. The summed E-state index contributed by atoms with van der Waals surface area (Å²) < 4.78 is 5.47. The molecule has 0 spiro atoms. The standard InChI is InChI=1S/C12H23NO3/c1-12(2,9-14)13(3)11(15)7-6-10-5-4-8-16-10/h10,14H,4-9H2,1-3H3. The lowest BCUT2D eigenvalue weighted by molar-refractivity contribution is -0.136. The molecule has 1 rings (SSSR count). The number of aliphatic hydroxyl groups is 1. The summed E-state index contributed by atoms with van der Waals surface area (Å²) in [6.45, 7) is 4.53. The van der Waals surface area contributed by atoms with Crippen LogP contribution in [0.5, 0.6) is 0 Å². The highest BCUT2D eigenvalue weighted by molar-refractivity contribution is 5.76. The van der Waals surface area contributed by atoms with Crippen molar-refractivity contribution in [1.29, 1.82) is 0 Å². The Morgan fingerprint density at radius 2 is 2.25 bits per heavy atom. The van der Waals surface area contributed by atoms with Gasteiger partial charge in [0, 0.05) is 20.1 Å². The Balaban J connectivity index is 2.33. The topological polar surface area (TPSA) is 49.8 Å². The van der Waals surface area contributed by atoms with E-state index in [9.17, 15) is 9.90 Å². The van der Waals surface area contributed by atoms with Crippen molar-refractivity contribution in [1.82, 2.24) is 4.90 Å². The Bertz CT molecular complexity index is 234. The van der Waals surface area contributed by atoms with Crippen LogP contribution < -0.4 is 0 Å². The maximum atomic E-state index is 11.9. The van der Waals surface area contributed by atoms with Crippen LogP contribution in [0.1, 0.15) is 39.5 Å². The maximum absolute atomic E-state index is 11.9. The molecule has 94 valence electrons. The molecule has 1 saturated heterocycles. The van der Waals surface area contributed by atoms with Crippen LogP contribution >= 0.6 is 0 Å². The summed E-state index contributed by atoms with van der Waals surface area (Å²) in [5.74, 6) is 0.0783. The van der Waals surface area contributed by atoms with Crippen molar-refractivity contribution in [3.8, 4) is 0 Å². The largest absolute Gasteiger partial charge is 0.394 e. The van der Waals surface area contributed by atoms with Crippen molar-refractivity contribution in [2.45, 2.75) is 51.2 Å². The zero-order valence-electron chi connectivity index (χ0n) is 10.5. The number of amides is 1. The minimum Gasteiger partial charge on any atom is -0.394 e. The molecule has 0 saturated carbocycles. The fraction of sp³-hybridized carbons (Fsp3) is 0.917. The molecule has 0 aromatic carbocycles. The number of rotatable bonds is 5. The average molecular weight is 229 g/mol. The summed E-state index contributed by atoms with van der Waals surface area (Å²) >= 11 is 0. The second kappa shape index (κ2) is 5.64. The van der Waals surface area contributed by atoms with Crippen molar-refractivity contribution >= 4 is 5.91 Å². The number of hydrogen-bond donors (Lipinski definition) is 1. The number of likely N-dealkylation sites (N-methyl/N-ethyl adjacent to an activating group) is 1. The van der Waals surface area contributed by atoms with Gasteiger partial charge < -0.3 is 14.7 Å². The summed E-state index contributed by atoms with van der Waals surface area (Å²) in [5, 5.41) is 9.17. The molecule has 1 aliphatic rings. The first-order valence-electron chi connectivity index (χ1n) is 5.96. The second-order valence-corrected chi connectivity index (χ2v) is 5.10. The van der Waals surface area contributed by atoms with E-state index in [2.05, 4.69) is 0 Å². The van der Waals surface area contributed by atoms with Gasteiger partial charge in [-0.1, -0.05) is 0 Å². The Labute approximate surface area is 97.6 Å². The summed E-state index contributed by atoms with van der Waals surface area (Å²) in [7, 11) is 1.74. The minimum absolute atomic E-state index is 0.0187. The lowest BCUT2D eigenvalue weighted by atomic mass is 10.0. The highest BCUT2D eigenvalue weighted by atomic mass is 16.5. The normalized spacial score (nSPS) is 21.1. The summed E-state index contributed by atoms with van der Waals surface area (Å²) in [5.41, 5.74) is -0.479. The third-order valence-electron chi connectivity index (χ3n) is 3.37. The first-order valence-corrected chi connectivity index (χ1v) is 5.96. The first kappa shape index (κ1) is 13.5. The predicted molar refractivity (Wildman–Crippen MR) is 62.1 cm³/mol. The van der Waals surface area contributed by atoms with Gasteiger partial charge in [-0.25, -0.2) is 0 Å². The predicted octanol–water partition coefficient (Wildman–Crippen LogP) is 1.17. The number of carbonyl (C=O) groups is 1. The molecule has 4 heteroatoms. The molecular formula is C12H23NO3. The molecule has 0 aliphatic carbocycles. The van der Waals surface area contributed by atoms with Gasteiger partial charge >= 0.3 is 0 Å². The van der Waals surface area contributed by atoms with Crippen molar-refractivity contribution in [2.24, 2.45) is 0 Å². The number of aliphatic hydroxyl groups excluding tert-OH is 1. The zero-order chi connectivity index (χ0) is 12.2. The molecule has 1 N–H and O–H groups in total. The van der Waals surface area contributed by atoms with Crippen LogP contribution in [0.3, 0.4) is 0 Å². The van der Waals surface area contributed by atoms with Gasteiger partial charge in [-0.2, -0.15) is 0 Å². The van der Waals surface area contributed by atoms with Gasteiger partial charge in [-0.05, 0) is 33.1 Å². The SMILES string of the molecule is CN(C(=O)CCC1CCCO1)C(C)(C)CO. The molecule has 1 fully saturated rings. The van der Waals surface area contributed by atoms with Crippen LogP contribution in [-0.2, 0) is 9.53 Å². The van der Waals surface area contributed by atoms with Gasteiger partial charge in [-0.15, -0.1) is 0 Å². The van der Waals surface area contributed by atoms with Gasteiger partial charge in [-0.3, -0.25) is 4.79 Å². The molecular weight excluding hydrogens is 206 g/mol. The fourth-order valence-electron chi connectivity index (χ4n) is 1.77. The Morgan fingerprint density at radius 3 is 2.75 bits per heavy atom. The van der Waals surface area contributed by atoms with Gasteiger partial charge in [0.2, 0.25) is 5.91 Å². The van der Waals surface area contributed by atoms with E-state index in [0.29, 0.717) is 6.42 Å². The fourth-order valence-corrected chi connectivity index (χ4v) is 1.77. The van der Waals surface area contributed by atoms with Gasteiger partial charge in [0.15, 0.2) is 0 Å². The number of nitrogens with zero attached hydrogens (tertiary/aromatic N) is 1. The summed E-state index contributed by atoms with van der Waals surface area (Å²) in [4.78, 5) is 13.5. The van der Waals surface area contributed by atoms with Crippen molar-refractivity contribution in [3.05, 3.63) is 0 Å². The number of hydrogen-bond acceptors (Lipinski definition) is 3. The molecule has 0 aromatic rings. The Kier molecular flexibility index (Phi) is 4.74. The van der Waals surface area contributed by atoms with E-state index < -0.39 is 5.54 Å². The van der Waals surface area contributed by atoms with Crippen LogP contribution in [0.15, 0.2) is 0 Å². The monoisotopic (exact) mass is 229 g/mol. The van der Waals surface area contributed by atoms with Gasteiger partial charge in [0.25, 0.3) is 0 Å². The van der Waals surface area contributed by atoms with E-state index in [1.807, 2.05) is 13.8 Å². The first-order chi connectivity index (χ1) is 7.47. The van der Waals surface area contributed by atoms with E-state index >= 15 is 0 Å². The van der Waals surface area contributed by atoms with Crippen LogP contribution in [0.4, 0.5) is 0 Å². The van der Waals surface area contributed by atoms with E-state index in [-0.39, 0.29) is 18.6 Å². The highest BCUT2D eigenvalue weighted by Crippen LogP contribution is 2.19. The molecule has 1 atom stereocenters. The highest BCUT2D eigenvalue weighted by Gasteiger charge is 2.27. The van der Waals surface area contributed by atoms with Crippen molar-refractivity contribution in [2.75, 3.05) is 20.3 Å². The van der Waals surface area contributed by atoms with Crippen molar-refractivity contribution < 1.29 is 14.6 Å².